The van der Waals surface area contributed by atoms with Gasteiger partial charge in [0.25, 0.3) is 5.56 Å². The number of hydrogen-bond acceptors (Lipinski definition) is 3. The smallest absolute Gasteiger partial charge is 0.310 e. The molecule has 0 aliphatic heterocycles. The van der Waals surface area contributed by atoms with Crippen LogP contribution in [0.1, 0.15) is 0 Å². The zero-order chi connectivity index (χ0) is 28.9. The molecule has 0 N–H and O–H groups in total. The first-order valence-corrected chi connectivity index (χ1v) is 14.6. The minimum atomic E-state index is -0.156. The Hall–Kier alpha value is -6.14. The van der Waals surface area contributed by atoms with Crippen LogP contribution in [-0.2, 0) is 0 Å². The maximum absolute atomic E-state index is 14.1. The lowest BCUT2D eigenvalue weighted by Crippen LogP contribution is -2.13. The lowest BCUT2D eigenvalue weighted by molar-refractivity contribution is 0.616. The van der Waals surface area contributed by atoms with Gasteiger partial charge >= 0.3 is 5.84 Å². The van der Waals surface area contributed by atoms with E-state index in [1.807, 2.05) is 48.5 Å². The lowest BCUT2D eigenvalue weighted by atomic mass is 10.2. The second-order valence-electron chi connectivity index (χ2n) is 11.2. The van der Waals surface area contributed by atoms with Gasteiger partial charge in [0.2, 0.25) is 0 Å². The van der Waals surface area contributed by atoms with Crippen LogP contribution >= 0.6 is 0 Å². The molecule has 6 nitrogen and oxygen atoms in total. The molecule has 0 saturated heterocycles. The highest BCUT2D eigenvalue weighted by molar-refractivity contribution is 6.10. The molecular weight excluding hydrogens is 544 g/mol. The van der Waals surface area contributed by atoms with Gasteiger partial charge in [-0.05, 0) is 60.7 Å². The van der Waals surface area contributed by atoms with E-state index in [9.17, 15) is 4.79 Å². The second kappa shape index (κ2) is 8.46. The molecule has 0 spiro atoms. The highest BCUT2D eigenvalue weighted by Crippen LogP contribution is 2.34. The fraction of sp³-hybridized carbons (Fsp3) is 0. The van der Waals surface area contributed by atoms with Gasteiger partial charge in [0.05, 0.1) is 38.5 Å². The molecule has 0 radical (unpaired) electrons. The maximum atomic E-state index is 14.1. The Labute approximate surface area is 249 Å². The molecule has 0 aliphatic rings. The summed E-state index contributed by atoms with van der Waals surface area (Å²) in [6.45, 7) is 0. The number of nitrogens with zero attached hydrogens (tertiary/aromatic N) is 4. The predicted octanol–water partition coefficient (Wildman–Crippen LogP) is 8.79. The van der Waals surface area contributed by atoms with Crippen molar-refractivity contribution in [3.05, 3.63) is 144 Å². The Balaban J connectivity index is 1.20. The molecule has 4 heterocycles. The number of para-hydroxylation sites is 4. The van der Waals surface area contributed by atoms with Gasteiger partial charge in [-0.3, -0.25) is 4.79 Å². The Morgan fingerprint density at radius 2 is 0.955 bits per heavy atom. The number of fused-ring (bicyclic) bond motifs is 10. The van der Waals surface area contributed by atoms with Gasteiger partial charge in [-0.25, -0.2) is 4.40 Å². The number of aromatic nitrogens is 4. The largest absolute Gasteiger partial charge is 0.424 e. The van der Waals surface area contributed by atoms with Crippen LogP contribution in [0.4, 0.5) is 0 Å². The standard InChI is InChI=1S/C38H22N4O2/c43-37-29-21-23(40-31-13-5-1-9-25(31)26-10-2-6-14-32(26)40)18-20-36(29)44-38-39-30-22-24(17-19-35(30)42(37)38)41-33-15-7-3-11-27(33)28-12-4-8-16-34(28)41/h1-22H. The van der Waals surface area contributed by atoms with E-state index in [1.165, 1.54) is 21.5 Å². The minimum Gasteiger partial charge on any atom is -0.424 e. The van der Waals surface area contributed by atoms with Crippen molar-refractivity contribution in [2.24, 2.45) is 0 Å². The number of hydrogen-bond donors (Lipinski definition) is 0. The third-order valence-corrected chi connectivity index (χ3v) is 8.88. The molecule has 0 unspecified atom stereocenters. The van der Waals surface area contributed by atoms with E-state index in [-0.39, 0.29) is 11.4 Å². The molecule has 6 heteroatoms. The first-order chi connectivity index (χ1) is 21.7. The molecule has 10 aromatic rings. The molecule has 4 aromatic heterocycles. The lowest BCUT2D eigenvalue weighted by Gasteiger charge is -2.09. The van der Waals surface area contributed by atoms with E-state index in [2.05, 4.69) is 94.1 Å². The van der Waals surface area contributed by atoms with Crippen LogP contribution in [0.25, 0.3) is 82.8 Å². The molecule has 0 aliphatic carbocycles. The zero-order valence-corrected chi connectivity index (χ0v) is 23.3. The van der Waals surface area contributed by atoms with E-state index < -0.39 is 0 Å². The van der Waals surface area contributed by atoms with Crippen LogP contribution in [0.2, 0.25) is 0 Å². The molecule has 0 amide bonds. The summed E-state index contributed by atoms with van der Waals surface area (Å²) in [6.07, 6.45) is 0. The Bertz CT molecular complexity index is 2760. The van der Waals surface area contributed by atoms with E-state index in [4.69, 9.17) is 9.40 Å². The van der Waals surface area contributed by atoms with Gasteiger partial charge in [-0.2, -0.15) is 4.98 Å². The topological polar surface area (TPSA) is 57.4 Å². The Kier molecular flexibility index (Phi) is 4.50. The average molecular weight is 567 g/mol. The van der Waals surface area contributed by atoms with Crippen LogP contribution in [-0.4, -0.2) is 18.5 Å². The first-order valence-electron chi connectivity index (χ1n) is 14.6. The highest BCUT2D eigenvalue weighted by atomic mass is 16.4. The average Bonchev–Trinajstić information content (AvgIpc) is 3.72. The van der Waals surface area contributed by atoms with Crippen molar-refractivity contribution >= 4 is 71.5 Å². The molecule has 0 saturated carbocycles. The van der Waals surface area contributed by atoms with E-state index >= 15 is 0 Å². The summed E-state index contributed by atoms with van der Waals surface area (Å²) >= 11 is 0. The van der Waals surface area contributed by atoms with E-state index in [0.29, 0.717) is 22.0 Å². The Morgan fingerprint density at radius 1 is 0.477 bits per heavy atom. The molecular formula is C38H22N4O2. The summed E-state index contributed by atoms with van der Waals surface area (Å²) in [4.78, 5) is 18.9. The van der Waals surface area contributed by atoms with Gasteiger partial charge in [-0.15, -0.1) is 0 Å². The summed E-state index contributed by atoms with van der Waals surface area (Å²) in [5.41, 5.74) is 8.05. The van der Waals surface area contributed by atoms with Gasteiger partial charge < -0.3 is 13.6 Å². The van der Waals surface area contributed by atoms with Crippen molar-refractivity contribution in [3.8, 4) is 11.4 Å². The van der Waals surface area contributed by atoms with Gasteiger partial charge in [0, 0.05) is 32.9 Å². The summed E-state index contributed by atoms with van der Waals surface area (Å²) < 4.78 is 12.3. The molecule has 10 rings (SSSR count). The number of imidazole rings is 1. The number of benzene rings is 6. The predicted molar refractivity (Wildman–Crippen MR) is 177 cm³/mol. The van der Waals surface area contributed by atoms with Crippen molar-refractivity contribution in [2.45, 2.75) is 0 Å². The SMILES string of the molecule is O=c1c2cc(-n3c4ccccc4c4ccccc43)ccc2oc2nc3cc(-n4c5ccccc5c5ccccc54)ccc3n12. The van der Waals surface area contributed by atoms with Crippen LogP contribution < -0.4 is 5.56 Å². The normalized spacial score (nSPS) is 12.2. The van der Waals surface area contributed by atoms with Gasteiger partial charge in [0.1, 0.15) is 5.58 Å². The van der Waals surface area contributed by atoms with Gasteiger partial charge in [-0.1, -0.05) is 72.8 Å². The van der Waals surface area contributed by atoms with Gasteiger partial charge in [0.15, 0.2) is 0 Å². The van der Waals surface area contributed by atoms with Crippen molar-refractivity contribution in [3.63, 3.8) is 0 Å². The van der Waals surface area contributed by atoms with E-state index in [0.717, 1.165) is 33.4 Å². The quantitative estimate of drug-likeness (QED) is 0.210. The fourth-order valence-corrected chi connectivity index (χ4v) is 6.98. The second-order valence-corrected chi connectivity index (χ2v) is 11.2. The van der Waals surface area contributed by atoms with Crippen LogP contribution in [0, 0.1) is 0 Å². The van der Waals surface area contributed by atoms with Crippen molar-refractivity contribution in [1.29, 1.82) is 0 Å². The fourth-order valence-electron chi connectivity index (χ4n) is 6.98. The highest BCUT2D eigenvalue weighted by Gasteiger charge is 2.18. The van der Waals surface area contributed by atoms with Crippen LogP contribution in [0.5, 0.6) is 0 Å². The van der Waals surface area contributed by atoms with Crippen molar-refractivity contribution in [1.82, 2.24) is 18.5 Å². The van der Waals surface area contributed by atoms with Crippen molar-refractivity contribution < 1.29 is 4.42 Å². The summed E-state index contributed by atoms with van der Waals surface area (Å²) in [5.74, 6) is 0.279. The van der Waals surface area contributed by atoms with Crippen molar-refractivity contribution in [2.75, 3.05) is 0 Å². The molecule has 0 bridgehead atoms. The number of rotatable bonds is 2. The summed E-state index contributed by atoms with van der Waals surface area (Å²) in [6, 6.07) is 45.4. The van der Waals surface area contributed by atoms with Crippen LogP contribution in [0.3, 0.4) is 0 Å². The molecule has 206 valence electrons. The molecule has 44 heavy (non-hydrogen) atoms. The zero-order valence-electron chi connectivity index (χ0n) is 23.3. The van der Waals surface area contributed by atoms with Crippen LogP contribution in [0.15, 0.2) is 143 Å². The Morgan fingerprint density at radius 3 is 1.50 bits per heavy atom. The third kappa shape index (κ3) is 3.03. The molecule has 0 atom stereocenters. The molecule has 0 fully saturated rings. The van der Waals surface area contributed by atoms with E-state index in [1.54, 1.807) is 4.40 Å². The molecule has 6 aromatic carbocycles. The first kappa shape index (κ1) is 23.4. The maximum Gasteiger partial charge on any atom is 0.310 e. The summed E-state index contributed by atoms with van der Waals surface area (Å²) in [7, 11) is 0. The third-order valence-electron chi connectivity index (χ3n) is 8.88. The minimum absolute atomic E-state index is 0.156. The summed E-state index contributed by atoms with van der Waals surface area (Å²) in [5, 5.41) is 5.24. The monoisotopic (exact) mass is 566 g/mol.